The van der Waals surface area contributed by atoms with Gasteiger partial charge in [0.1, 0.15) is 0 Å². The van der Waals surface area contributed by atoms with Crippen LogP contribution in [0, 0.1) is 12.8 Å². The van der Waals surface area contributed by atoms with Crippen molar-refractivity contribution in [2.24, 2.45) is 5.92 Å². The van der Waals surface area contributed by atoms with Crippen LogP contribution >= 0.6 is 0 Å². The molecule has 0 bridgehead atoms. The van der Waals surface area contributed by atoms with Crippen LogP contribution in [0.1, 0.15) is 30.7 Å². The molecule has 1 N–H and O–H groups in total. The van der Waals surface area contributed by atoms with E-state index in [1.165, 1.54) is 0 Å². The van der Waals surface area contributed by atoms with E-state index in [9.17, 15) is 4.79 Å². The fraction of sp³-hybridized carbons (Fsp3) is 0.400. The Kier molecular flexibility index (Phi) is 3.50. The highest BCUT2D eigenvalue weighted by molar-refractivity contribution is 5.79. The molecule has 1 aliphatic carbocycles. The lowest BCUT2D eigenvalue weighted by Gasteiger charge is -2.23. The fourth-order valence-corrected chi connectivity index (χ4v) is 2.21. The molecule has 1 amide bonds. The molecular weight excluding hydrogens is 254 g/mol. The number of benzene rings is 1. The minimum absolute atomic E-state index is 0.0894. The SMILES string of the molecule is Cc1cccc(-c2noc(CNC(=O)C3CCC3)n2)c1. The van der Waals surface area contributed by atoms with Crippen LogP contribution in [-0.4, -0.2) is 16.0 Å². The highest BCUT2D eigenvalue weighted by Gasteiger charge is 2.25. The van der Waals surface area contributed by atoms with Crippen LogP contribution in [0.15, 0.2) is 28.8 Å². The summed E-state index contributed by atoms with van der Waals surface area (Å²) < 4.78 is 5.16. The maximum atomic E-state index is 11.7. The van der Waals surface area contributed by atoms with Crippen molar-refractivity contribution in [1.29, 1.82) is 0 Å². The molecule has 3 rings (SSSR count). The number of nitrogens with zero attached hydrogens (tertiary/aromatic N) is 2. The number of aromatic nitrogens is 2. The molecule has 1 fully saturated rings. The molecule has 0 spiro atoms. The average Bonchev–Trinajstić information content (AvgIpc) is 2.83. The Morgan fingerprint density at radius 3 is 3.00 bits per heavy atom. The standard InChI is InChI=1S/C15H17N3O2/c1-10-4-2-7-12(8-10)14-17-13(20-18-14)9-16-15(19)11-5-3-6-11/h2,4,7-8,11H,3,5-6,9H2,1H3,(H,16,19). The zero-order valence-electron chi connectivity index (χ0n) is 11.4. The summed E-state index contributed by atoms with van der Waals surface area (Å²) in [4.78, 5) is 16.0. The summed E-state index contributed by atoms with van der Waals surface area (Å²) in [6.07, 6.45) is 3.13. The van der Waals surface area contributed by atoms with E-state index in [1.807, 2.05) is 31.2 Å². The van der Waals surface area contributed by atoms with E-state index in [-0.39, 0.29) is 11.8 Å². The Hall–Kier alpha value is -2.17. The van der Waals surface area contributed by atoms with Gasteiger partial charge in [-0.1, -0.05) is 35.3 Å². The second-order valence-electron chi connectivity index (χ2n) is 5.23. The van der Waals surface area contributed by atoms with Gasteiger partial charge in [0.25, 0.3) is 0 Å². The second-order valence-corrected chi connectivity index (χ2v) is 5.23. The third kappa shape index (κ3) is 2.71. The number of hydrogen-bond donors (Lipinski definition) is 1. The Bertz CT molecular complexity index is 617. The molecule has 0 saturated heterocycles. The van der Waals surface area contributed by atoms with Gasteiger partial charge in [-0.3, -0.25) is 4.79 Å². The second kappa shape index (κ2) is 5.45. The van der Waals surface area contributed by atoms with E-state index in [4.69, 9.17) is 4.52 Å². The van der Waals surface area contributed by atoms with Gasteiger partial charge in [-0.15, -0.1) is 0 Å². The minimum atomic E-state index is 0.0894. The summed E-state index contributed by atoms with van der Waals surface area (Å²) in [6.45, 7) is 2.32. The summed E-state index contributed by atoms with van der Waals surface area (Å²) in [5.74, 6) is 1.26. The lowest BCUT2D eigenvalue weighted by atomic mass is 9.85. The Balaban J connectivity index is 1.63. The first-order chi connectivity index (χ1) is 9.72. The van der Waals surface area contributed by atoms with Gasteiger partial charge in [-0.2, -0.15) is 4.98 Å². The van der Waals surface area contributed by atoms with Gasteiger partial charge in [0.05, 0.1) is 6.54 Å². The summed E-state index contributed by atoms with van der Waals surface area (Å²) in [6, 6.07) is 7.92. The maximum Gasteiger partial charge on any atom is 0.246 e. The van der Waals surface area contributed by atoms with Gasteiger partial charge >= 0.3 is 0 Å². The Morgan fingerprint density at radius 1 is 1.45 bits per heavy atom. The molecule has 0 aliphatic heterocycles. The van der Waals surface area contributed by atoms with Crippen LogP contribution in [0.4, 0.5) is 0 Å². The Labute approximate surface area is 117 Å². The summed E-state index contributed by atoms with van der Waals surface area (Å²) in [5, 5.41) is 6.79. The smallest absolute Gasteiger partial charge is 0.246 e. The van der Waals surface area contributed by atoms with Crippen LogP contribution < -0.4 is 5.32 Å². The first kappa shape index (κ1) is 12.8. The van der Waals surface area contributed by atoms with Crippen LogP contribution in [0.2, 0.25) is 0 Å². The predicted molar refractivity (Wildman–Crippen MR) is 73.7 cm³/mol. The van der Waals surface area contributed by atoms with Crippen molar-refractivity contribution in [2.45, 2.75) is 32.7 Å². The van der Waals surface area contributed by atoms with Crippen molar-refractivity contribution in [3.05, 3.63) is 35.7 Å². The first-order valence-electron chi connectivity index (χ1n) is 6.90. The summed E-state index contributed by atoms with van der Waals surface area (Å²) in [5.41, 5.74) is 2.07. The molecule has 2 aromatic rings. The molecule has 1 heterocycles. The molecule has 20 heavy (non-hydrogen) atoms. The van der Waals surface area contributed by atoms with E-state index >= 15 is 0 Å². The lowest BCUT2D eigenvalue weighted by Crippen LogP contribution is -2.34. The van der Waals surface area contributed by atoms with Crippen molar-refractivity contribution < 1.29 is 9.32 Å². The van der Waals surface area contributed by atoms with Crippen LogP contribution in [-0.2, 0) is 11.3 Å². The van der Waals surface area contributed by atoms with Crippen LogP contribution in [0.25, 0.3) is 11.4 Å². The quantitative estimate of drug-likeness (QED) is 0.927. The van der Waals surface area contributed by atoms with Crippen molar-refractivity contribution in [2.75, 3.05) is 0 Å². The topological polar surface area (TPSA) is 68.0 Å². The monoisotopic (exact) mass is 271 g/mol. The zero-order valence-corrected chi connectivity index (χ0v) is 11.4. The molecule has 0 unspecified atom stereocenters. The number of aryl methyl sites for hydroxylation is 1. The van der Waals surface area contributed by atoms with E-state index in [0.29, 0.717) is 18.3 Å². The summed E-state index contributed by atoms with van der Waals surface area (Å²) in [7, 11) is 0. The van der Waals surface area contributed by atoms with Crippen molar-refractivity contribution in [3.8, 4) is 11.4 Å². The molecule has 5 heteroatoms. The van der Waals surface area contributed by atoms with Gasteiger partial charge in [-0.05, 0) is 25.8 Å². The molecule has 104 valence electrons. The van der Waals surface area contributed by atoms with E-state index in [1.54, 1.807) is 0 Å². The minimum Gasteiger partial charge on any atom is -0.347 e. The number of carbonyl (C=O) groups is 1. The highest BCUT2D eigenvalue weighted by atomic mass is 16.5. The van der Waals surface area contributed by atoms with Gasteiger partial charge in [0.15, 0.2) is 0 Å². The third-order valence-electron chi connectivity index (χ3n) is 3.63. The van der Waals surface area contributed by atoms with Gasteiger partial charge in [0.2, 0.25) is 17.6 Å². The van der Waals surface area contributed by atoms with E-state index < -0.39 is 0 Å². The summed E-state index contributed by atoms with van der Waals surface area (Å²) >= 11 is 0. The van der Waals surface area contributed by atoms with E-state index in [0.717, 1.165) is 30.4 Å². The normalized spacial score (nSPS) is 14.8. The highest BCUT2D eigenvalue weighted by Crippen LogP contribution is 2.26. The molecule has 1 aromatic carbocycles. The molecular formula is C15H17N3O2. The van der Waals surface area contributed by atoms with Crippen LogP contribution in [0.5, 0.6) is 0 Å². The number of amides is 1. The number of nitrogens with one attached hydrogen (secondary N) is 1. The van der Waals surface area contributed by atoms with E-state index in [2.05, 4.69) is 15.5 Å². The predicted octanol–water partition coefficient (Wildman–Crippen LogP) is 2.46. The zero-order chi connectivity index (χ0) is 13.9. The first-order valence-corrected chi connectivity index (χ1v) is 6.90. The molecule has 5 nitrogen and oxygen atoms in total. The molecule has 1 aliphatic rings. The van der Waals surface area contributed by atoms with Crippen LogP contribution in [0.3, 0.4) is 0 Å². The van der Waals surface area contributed by atoms with Crippen molar-refractivity contribution >= 4 is 5.91 Å². The van der Waals surface area contributed by atoms with Gasteiger partial charge in [-0.25, -0.2) is 0 Å². The Morgan fingerprint density at radius 2 is 2.30 bits per heavy atom. The fourth-order valence-electron chi connectivity index (χ4n) is 2.21. The maximum absolute atomic E-state index is 11.7. The molecule has 1 aromatic heterocycles. The largest absolute Gasteiger partial charge is 0.347 e. The number of hydrogen-bond acceptors (Lipinski definition) is 4. The average molecular weight is 271 g/mol. The van der Waals surface area contributed by atoms with Gasteiger partial charge in [0, 0.05) is 11.5 Å². The lowest BCUT2D eigenvalue weighted by molar-refractivity contribution is -0.127. The molecule has 1 saturated carbocycles. The third-order valence-corrected chi connectivity index (χ3v) is 3.63. The number of carbonyl (C=O) groups excluding carboxylic acids is 1. The molecule has 0 atom stereocenters. The molecule has 0 radical (unpaired) electrons. The number of rotatable bonds is 4. The van der Waals surface area contributed by atoms with Crippen molar-refractivity contribution in [3.63, 3.8) is 0 Å². The van der Waals surface area contributed by atoms with Crippen molar-refractivity contribution in [1.82, 2.24) is 15.5 Å². The van der Waals surface area contributed by atoms with Gasteiger partial charge < -0.3 is 9.84 Å².